The molecular formula is C22H27ClN2O4. The number of halogens is 1. The summed E-state index contributed by atoms with van der Waals surface area (Å²) >= 11 is 5.86. The Morgan fingerprint density at radius 3 is 2.62 bits per heavy atom. The molecule has 0 bridgehead atoms. The van der Waals surface area contributed by atoms with Crippen molar-refractivity contribution in [2.75, 3.05) is 40.5 Å². The second-order valence-corrected chi connectivity index (χ2v) is 7.33. The molecule has 0 unspecified atom stereocenters. The number of amides is 1. The Balaban J connectivity index is 1.51. The van der Waals surface area contributed by atoms with Gasteiger partial charge in [-0.3, -0.25) is 9.69 Å². The number of nitrogens with one attached hydrogen (secondary N) is 1. The summed E-state index contributed by atoms with van der Waals surface area (Å²) in [7, 11) is 3.32. The molecule has 6 nitrogen and oxygen atoms in total. The quantitative estimate of drug-likeness (QED) is 0.629. The molecule has 1 N–H and O–H groups in total. The van der Waals surface area contributed by atoms with E-state index in [9.17, 15) is 4.79 Å². The van der Waals surface area contributed by atoms with E-state index in [2.05, 4.69) is 10.2 Å². The third-order valence-electron chi connectivity index (χ3n) is 5.01. The molecule has 3 rings (SSSR count). The largest absolute Gasteiger partial charge is 0.497 e. The van der Waals surface area contributed by atoms with Gasteiger partial charge in [-0.15, -0.1) is 0 Å². The first-order valence-electron chi connectivity index (χ1n) is 9.71. The average molecular weight is 419 g/mol. The topological polar surface area (TPSA) is 60.0 Å². The molecule has 1 atom stereocenters. The van der Waals surface area contributed by atoms with Crippen LogP contribution in [0.1, 0.15) is 24.4 Å². The molecule has 0 spiro atoms. The van der Waals surface area contributed by atoms with E-state index < -0.39 is 0 Å². The van der Waals surface area contributed by atoms with Crippen LogP contribution in [0.2, 0.25) is 5.02 Å². The molecule has 1 aliphatic heterocycles. The van der Waals surface area contributed by atoms with Gasteiger partial charge >= 0.3 is 0 Å². The lowest BCUT2D eigenvalue weighted by molar-refractivity contribution is -0.122. The second kappa shape index (κ2) is 10.4. The summed E-state index contributed by atoms with van der Waals surface area (Å²) in [5, 5.41) is 3.59. The molecule has 0 radical (unpaired) electrons. The number of carbonyl (C=O) groups excluding carboxylic acids is 1. The fourth-order valence-corrected chi connectivity index (χ4v) is 3.72. The van der Waals surface area contributed by atoms with Gasteiger partial charge in [-0.05, 0) is 61.9 Å². The summed E-state index contributed by atoms with van der Waals surface area (Å²) in [6, 6.07) is 13.1. The van der Waals surface area contributed by atoms with Crippen LogP contribution in [0, 0.1) is 0 Å². The first-order valence-corrected chi connectivity index (χ1v) is 10.1. The minimum Gasteiger partial charge on any atom is -0.497 e. The molecular weight excluding hydrogens is 392 g/mol. The van der Waals surface area contributed by atoms with Crippen molar-refractivity contribution in [2.24, 2.45) is 0 Å². The second-order valence-electron chi connectivity index (χ2n) is 6.89. The van der Waals surface area contributed by atoms with Gasteiger partial charge in [0.1, 0.15) is 23.9 Å². The van der Waals surface area contributed by atoms with Crippen molar-refractivity contribution >= 4 is 17.5 Å². The fourth-order valence-electron chi connectivity index (χ4n) is 3.60. The average Bonchev–Trinajstić information content (AvgIpc) is 3.19. The maximum Gasteiger partial charge on any atom is 0.234 e. The van der Waals surface area contributed by atoms with Crippen LogP contribution in [0.5, 0.6) is 17.2 Å². The smallest absolute Gasteiger partial charge is 0.234 e. The van der Waals surface area contributed by atoms with Gasteiger partial charge in [-0.25, -0.2) is 0 Å². The van der Waals surface area contributed by atoms with Crippen molar-refractivity contribution in [2.45, 2.75) is 18.9 Å². The minimum absolute atomic E-state index is 0.0153. The Labute approximate surface area is 176 Å². The van der Waals surface area contributed by atoms with Crippen LogP contribution >= 0.6 is 11.6 Å². The maximum absolute atomic E-state index is 12.4. The molecule has 2 aromatic carbocycles. The summed E-state index contributed by atoms with van der Waals surface area (Å²) < 4.78 is 16.5. The summed E-state index contributed by atoms with van der Waals surface area (Å²) in [5.74, 6) is 2.32. The van der Waals surface area contributed by atoms with Crippen molar-refractivity contribution in [3.8, 4) is 17.2 Å². The van der Waals surface area contributed by atoms with E-state index in [1.165, 1.54) is 0 Å². The van der Waals surface area contributed by atoms with E-state index in [-0.39, 0.29) is 11.9 Å². The monoisotopic (exact) mass is 418 g/mol. The third-order valence-corrected chi connectivity index (χ3v) is 5.26. The zero-order valence-corrected chi connectivity index (χ0v) is 17.6. The van der Waals surface area contributed by atoms with Crippen molar-refractivity contribution in [3.05, 3.63) is 53.1 Å². The van der Waals surface area contributed by atoms with E-state index in [0.717, 1.165) is 42.2 Å². The van der Waals surface area contributed by atoms with Gasteiger partial charge in [-0.2, -0.15) is 0 Å². The number of hydrogen-bond donors (Lipinski definition) is 1. The number of benzene rings is 2. The van der Waals surface area contributed by atoms with Gasteiger partial charge in [-0.1, -0.05) is 11.6 Å². The molecule has 1 fully saturated rings. The van der Waals surface area contributed by atoms with Crippen LogP contribution in [0.4, 0.5) is 0 Å². The first kappa shape index (κ1) is 21.3. The lowest BCUT2D eigenvalue weighted by atomic mass is 10.0. The van der Waals surface area contributed by atoms with Gasteiger partial charge < -0.3 is 19.5 Å². The Morgan fingerprint density at radius 1 is 1.14 bits per heavy atom. The molecule has 29 heavy (non-hydrogen) atoms. The summed E-state index contributed by atoms with van der Waals surface area (Å²) in [6.07, 6.45) is 2.02. The van der Waals surface area contributed by atoms with Crippen LogP contribution in [0.25, 0.3) is 0 Å². The van der Waals surface area contributed by atoms with E-state index >= 15 is 0 Å². The number of likely N-dealkylation sites (tertiary alicyclic amines) is 1. The first-order chi connectivity index (χ1) is 14.1. The Morgan fingerprint density at radius 2 is 1.90 bits per heavy atom. The SMILES string of the molecule is COc1ccc(OC)c([C@H]2CCCN2CC(=O)NCCOc2ccc(Cl)cc2)c1. The number of ether oxygens (including phenoxy) is 3. The number of methoxy groups -OCH3 is 2. The van der Waals surface area contributed by atoms with Crippen LogP contribution in [0.3, 0.4) is 0 Å². The molecule has 1 saturated heterocycles. The van der Waals surface area contributed by atoms with Gasteiger partial charge in [0, 0.05) is 16.6 Å². The number of hydrogen-bond acceptors (Lipinski definition) is 5. The molecule has 2 aromatic rings. The van der Waals surface area contributed by atoms with Crippen molar-refractivity contribution in [3.63, 3.8) is 0 Å². The molecule has 156 valence electrons. The number of carbonyl (C=O) groups is 1. The van der Waals surface area contributed by atoms with Crippen molar-refractivity contribution in [1.29, 1.82) is 0 Å². The van der Waals surface area contributed by atoms with E-state index in [1.807, 2.05) is 18.2 Å². The predicted octanol–water partition coefficient (Wildman–Crippen LogP) is 3.69. The molecule has 1 aliphatic rings. The van der Waals surface area contributed by atoms with Crippen molar-refractivity contribution in [1.82, 2.24) is 10.2 Å². The van der Waals surface area contributed by atoms with Crippen LogP contribution in [0.15, 0.2) is 42.5 Å². The Hall–Kier alpha value is -2.44. The lowest BCUT2D eigenvalue weighted by Gasteiger charge is -2.26. The molecule has 1 amide bonds. The van der Waals surface area contributed by atoms with Crippen LogP contribution in [-0.4, -0.2) is 51.3 Å². The number of rotatable bonds is 9. The fraction of sp³-hybridized carbons (Fsp3) is 0.409. The normalized spacial score (nSPS) is 16.4. The highest BCUT2D eigenvalue weighted by Crippen LogP contribution is 2.38. The highest BCUT2D eigenvalue weighted by atomic mass is 35.5. The molecule has 0 aromatic heterocycles. The van der Waals surface area contributed by atoms with E-state index in [4.69, 9.17) is 25.8 Å². The summed E-state index contributed by atoms with van der Waals surface area (Å²) in [4.78, 5) is 14.6. The minimum atomic E-state index is -0.0153. The molecule has 1 heterocycles. The summed E-state index contributed by atoms with van der Waals surface area (Å²) in [5.41, 5.74) is 1.06. The Bertz CT molecular complexity index is 813. The van der Waals surface area contributed by atoms with Crippen molar-refractivity contribution < 1.29 is 19.0 Å². The van der Waals surface area contributed by atoms with Gasteiger partial charge in [0.15, 0.2) is 0 Å². The standard InChI is InChI=1S/C22H27ClN2O4/c1-27-18-9-10-21(28-2)19(14-18)20-4-3-12-25(20)15-22(26)24-11-13-29-17-7-5-16(23)6-8-17/h5-10,14,20H,3-4,11-13,15H2,1-2H3,(H,24,26)/t20-/m1/s1. The van der Waals surface area contributed by atoms with Crippen LogP contribution in [-0.2, 0) is 4.79 Å². The third kappa shape index (κ3) is 5.78. The molecule has 0 saturated carbocycles. The highest BCUT2D eigenvalue weighted by Gasteiger charge is 2.30. The van der Waals surface area contributed by atoms with E-state index in [0.29, 0.717) is 24.7 Å². The number of nitrogens with zero attached hydrogens (tertiary/aromatic N) is 1. The zero-order valence-electron chi connectivity index (χ0n) is 16.8. The van der Waals surface area contributed by atoms with Gasteiger partial charge in [0.25, 0.3) is 0 Å². The van der Waals surface area contributed by atoms with Gasteiger partial charge in [0.2, 0.25) is 5.91 Å². The molecule has 7 heteroatoms. The zero-order chi connectivity index (χ0) is 20.6. The lowest BCUT2D eigenvalue weighted by Crippen LogP contribution is -2.38. The molecule has 0 aliphatic carbocycles. The van der Waals surface area contributed by atoms with Crippen LogP contribution < -0.4 is 19.5 Å². The summed E-state index contributed by atoms with van der Waals surface area (Å²) in [6.45, 7) is 2.06. The Kier molecular flexibility index (Phi) is 7.61. The maximum atomic E-state index is 12.4. The predicted molar refractivity (Wildman–Crippen MR) is 113 cm³/mol. The van der Waals surface area contributed by atoms with E-state index in [1.54, 1.807) is 38.5 Å². The highest BCUT2D eigenvalue weighted by molar-refractivity contribution is 6.30. The van der Waals surface area contributed by atoms with Gasteiger partial charge in [0.05, 0.1) is 27.3 Å².